The molecule has 0 saturated carbocycles. The summed E-state index contributed by atoms with van der Waals surface area (Å²) in [7, 11) is 0. The molecule has 0 atom stereocenters. The van der Waals surface area contributed by atoms with Gasteiger partial charge in [-0.15, -0.1) is 0 Å². The van der Waals surface area contributed by atoms with Gasteiger partial charge in [-0.3, -0.25) is 0 Å². The first-order valence-electron chi connectivity index (χ1n) is 5.66. The molecule has 2 heteroatoms. The monoisotopic (exact) mass is 222 g/mol. The van der Waals surface area contributed by atoms with E-state index in [2.05, 4.69) is 13.8 Å². The van der Waals surface area contributed by atoms with Gasteiger partial charge in [-0.1, -0.05) is 64.4 Å². The van der Waals surface area contributed by atoms with Crippen molar-refractivity contribution in [2.75, 3.05) is 0 Å². The van der Waals surface area contributed by atoms with Crippen LogP contribution < -0.4 is 0 Å². The third kappa shape index (κ3) is 12.4. The van der Waals surface area contributed by atoms with Crippen molar-refractivity contribution >= 4 is 12.0 Å². The highest BCUT2D eigenvalue weighted by Gasteiger charge is 1.85. The SMILES string of the molecule is CC.CCC.O=C(O)/C=C/c1ccccc1. The summed E-state index contributed by atoms with van der Waals surface area (Å²) in [6, 6.07) is 9.31. The molecule has 0 unspecified atom stereocenters. The molecule has 1 rings (SSSR count). The summed E-state index contributed by atoms with van der Waals surface area (Å²) in [5.74, 6) is -0.922. The van der Waals surface area contributed by atoms with Crippen LogP contribution in [-0.4, -0.2) is 11.1 Å². The maximum Gasteiger partial charge on any atom is 0.328 e. The van der Waals surface area contributed by atoms with Gasteiger partial charge in [0, 0.05) is 6.08 Å². The van der Waals surface area contributed by atoms with E-state index in [0.717, 1.165) is 11.6 Å². The molecule has 0 aliphatic carbocycles. The predicted molar refractivity (Wildman–Crippen MR) is 70.4 cm³/mol. The number of carboxylic acids is 1. The molecular formula is C14H22O2. The minimum absolute atomic E-state index is 0.898. The minimum atomic E-state index is -0.922. The van der Waals surface area contributed by atoms with E-state index in [9.17, 15) is 4.79 Å². The van der Waals surface area contributed by atoms with Crippen LogP contribution in [0.3, 0.4) is 0 Å². The molecular weight excluding hydrogens is 200 g/mol. The molecule has 0 saturated heterocycles. The van der Waals surface area contributed by atoms with E-state index < -0.39 is 5.97 Å². The first-order chi connectivity index (χ1) is 7.70. The predicted octanol–water partition coefficient (Wildman–Crippen LogP) is 4.23. The summed E-state index contributed by atoms with van der Waals surface area (Å²) in [6.07, 6.45) is 3.93. The number of carbonyl (C=O) groups is 1. The lowest BCUT2D eigenvalue weighted by molar-refractivity contribution is -0.131. The Morgan fingerprint density at radius 2 is 1.62 bits per heavy atom. The molecule has 0 fully saturated rings. The van der Waals surface area contributed by atoms with Crippen molar-refractivity contribution in [3.05, 3.63) is 42.0 Å². The maximum atomic E-state index is 10.1. The Kier molecular flexibility index (Phi) is 14.1. The lowest BCUT2D eigenvalue weighted by atomic mass is 10.2. The average molecular weight is 222 g/mol. The third-order valence-corrected chi connectivity index (χ3v) is 1.22. The zero-order valence-corrected chi connectivity index (χ0v) is 10.6. The number of hydrogen-bond donors (Lipinski definition) is 1. The van der Waals surface area contributed by atoms with Crippen LogP contribution in [-0.2, 0) is 4.79 Å². The van der Waals surface area contributed by atoms with E-state index in [0.29, 0.717) is 0 Å². The van der Waals surface area contributed by atoms with Gasteiger partial charge < -0.3 is 5.11 Å². The van der Waals surface area contributed by atoms with E-state index in [1.54, 1.807) is 6.08 Å². The maximum absolute atomic E-state index is 10.1. The van der Waals surface area contributed by atoms with E-state index in [1.165, 1.54) is 6.42 Å². The molecule has 0 aliphatic rings. The quantitative estimate of drug-likeness (QED) is 0.760. The van der Waals surface area contributed by atoms with E-state index in [4.69, 9.17) is 5.11 Å². The summed E-state index contributed by atoms with van der Waals surface area (Å²) < 4.78 is 0. The number of rotatable bonds is 2. The summed E-state index contributed by atoms with van der Waals surface area (Å²) >= 11 is 0. The standard InChI is InChI=1S/C9H8O2.C3H8.C2H6/c10-9(11)7-6-8-4-2-1-3-5-8;1-3-2;1-2/h1-7H,(H,10,11);3H2,1-2H3;1-2H3/b7-6+;;. The highest BCUT2D eigenvalue weighted by atomic mass is 16.4. The van der Waals surface area contributed by atoms with Gasteiger partial charge in [0.25, 0.3) is 0 Å². The zero-order chi connectivity index (χ0) is 12.8. The largest absolute Gasteiger partial charge is 0.478 e. The van der Waals surface area contributed by atoms with Gasteiger partial charge in [0.2, 0.25) is 0 Å². The van der Waals surface area contributed by atoms with Crippen molar-refractivity contribution in [1.82, 2.24) is 0 Å². The number of carboxylic acid groups (broad SMARTS) is 1. The molecule has 0 bridgehead atoms. The van der Waals surface area contributed by atoms with Crippen molar-refractivity contribution in [2.45, 2.75) is 34.1 Å². The van der Waals surface area contributed by atoms with Crippen molar-refractivity contribution in [2.24, 2.45) is 0 Å². The normalized spacial score (nSPS) is 8.50. The van der Waals surface area contributed by atoms with Crippen LogP contribution in [0.25, 0.3) is 6.08 Å². The van der Waals surface area contributed by atoms with Crippen molar-refractivity contribution in [3.63, 3.8) is 0 Å². The lowest BCUT2D eigenvalue weighted by Gasteiger charge is -1.87. The van der Waals surface area contributed by atoms with Gasteiger partial charge in [-0.05, 0) is 11.6 Å². The summed E-state index contributed by atoms with van der Waals surface area (Å²) in [5, 5.41) is 8.29. The van der Waals surface area contributed by atoms with Crippen LogP contribution in [0.2, 0.25) is 0 Å². The summed E-state index contributed by atoms with van der Waals surface area (Å²) in [5.41, 5.74) is 0.898. The first kappa shape index (κ1) is 16.8. The number of benzene rings is 1. The van der Waals surface area contributed by atoms with E-state index in [1.807, 2.05) is 44.2 Å². The Labute approximate surface area is 98.6 Å². The van der Waals surface area contributed by atoms with Crippen LogP contribution in [0.15, 0.2) is 36.4 Å². The Morgan fingerprint density at radius 1 is 1.19 bits per heavy atom. The molecule has 1 aromatic rings. The molecule has 0 heterocycles. The van der Waals surface area contributed by atoms with Gasteiger partial charge >= 0.3 is 5.97 Å². The van der Waals surface area contributed by atoms with Crippen molar-refractivity contribution in [3.8, 4) is 0 Å². The van der Waals surface area contributed by atoms with Crippen LogP contribution in [0.5, 0.6) is 0 Å². The average Bonchev–Trinajstić information content (AvgIpc) is 2.31. The van der Waals surface area contributed by atoms with Gasteiger partial charge in [0.05, 0.1) is 0 Å². The summed E-state index contributed by atoms with van der Waals surface area (Å²) in [4.78, 5) is 10.1. The molecule has 1 aromatic carbocycles. The van der Waals surface area contributed by atoms with Gasteiger partial charge in [0.1, 0.15) is 0 Å². The molecule has 0 spiro atoms. The zero-order valence-electron chi connectivity index (χ0n) is 10.6. The number of aliphatic carboxylic acids is 1. The molecule has 0 aromatic heterocycles. The third-order valence-electron chi connectivity index (χ3n) is 1.22. The van der Waals surface area contributed by atoms with E-state index in [-0.39, 0.29) is 0 Å². The molecule has 0 aliphatic heterocycles. The Bertz CT molecular complexity index is 276. The second kappa shape index (κ2) is 13.4. The van der Waals surface area contributed by atoms with Crippen molar-refractivity contribution in [1.29, 1.82) is 0 Å². The van der Waals surface area contributed by atoms with Gasteiger partial charge in [-0.2, -0.15) is 0 Å². The summed E-state index contributed by atoms with van der Waals surface area (Å²) in [6.45, 7) is 8.25. The number of hydrogen-bond acceptors (Lipinski definition) is 1. The fourth-order valence-corrected chi connectivity index (χ4v) is 0.732. The Balaban J connectivity index is 0. The second-order valence-corrected chi connectivity index (χ2v) is 2.79. The van der Waals surface area contributed by atoms with Crippen LogP contribution in [0.1, 0.15) is 39.7 Å². The van der Waals surface area contributed by atoms with Crippen LogP contribution in [0, 0.1) is 0 Å². The fraction of sp³-hybridized carbons (Fsp3) is 0.357. The highest BCUT2D eigenvalue weighted by molar-refractivity contribution is 5.85. The van der Waals surface area contributed by atoms with Crippen LogP contribution >= 0.6 is 0 Å². The second-order valence-electron chi connectivity index (χ2n) is 2.79. The van der Waals surface area contributed by atoms with Gasteiger partial charge in [-0.25, -0.2) is 4.79 Å². The Morgan fingerprint density at radius 3 is 2.00 bits per heavy atom. The molecule has 2 nitrogen and oxygen atoms in total. The van der Waals surface area contributed by atoms with E-state index >= 15 is 0 Å². The molecule has 0 radical (unpaired) electrons. The molecule has 0 amide bonds. The topological polar surface area (TPSA) is 37.3 Å². The van der Waals surface area contributed by atoms with Crippen LogP contribution in [0.4, 0.5) is 0 Å². The molecule has 16 heavy (non-hydrogen) atoms. The fourth-order valence-electron chi connectivity index (χ4n) is 0.732. The Hall–Kier alpha value is -1.57. The lowest BCUT2D eigenvalue weighted by Crippen LogP contribution is -1.85. The molecule has 1 N–H and O–H groups in total. The smallest absolute Gasteiger partial charge is 0.328 e. The molecule has 90 valence electrons. The minimum Gasteiger partial charge on any atom is -0.478 e. The van der Waals surface area contributed by atoms with Crippen molar-refractivity contribution < 1.29 is 9.90 Å². The highest BCUT2D eigenvalue weighted by Crippen LogP contribution is 1.99. The first-order valence-corrected chi connectivity index (χ1v) is 5.66. The van der Waals surface area contributed by atoms with Gasteiger partial charge in [0.15, 0.2) is 0 Å².